The third kappa shape index (κ3) is 7.01. The number of fused-ring (bicyclic) bond motifs is 1. The van der Waals surface area contributed by atoms with Crippen LogP contribution in [0.3, 0.4) is 0 Å². The normalized spacial score (nSPS) is 19.6. The third-order valence-electron chi connectivity index (χ3n) is 5.21. The van der Waals surface area contributed by atoms with E-state index in [1.54, 1.807) is 39.2 Å². The van der Waals surface area contributed by atoms with E-state index in [0.29, 0.717) is 6.42 Å². The molecule has 3 heterocycles. The van der Waals surface area contributed by atoms with Gasteiger partial charge in [-0.15, -0.1) is 11.6 Å². The largest absolute Gasteiger partial charge is 0.464 e. The Morgan fingerprint density at radius 3 is 2.39 bits per heavy atom. The van der Waals surface area contributed by atoms with Gasteiger partial charge in [0.1, 0.15) is 5.60 Å². The number of amides is 1. The highest BCUT2D eigenvalue weighted by Crippen LogP contribution is 2.36. The SMILES string of the molecule is CCOC(=O)C(OC[C@@H]1C[C@H](Cl)C(n2cnc3c(N(C)C(=O)OC(C)(C)C)nc(Cl)nc32)O1)C(=O)OCC. The molecule has 1 saturated heterocycles. The van der Waals surface area contributed by atoms with E-state index in [0.717, 1.165) is 0 Å². The number of esters is 2. The Balaban J connectivity index is 1.79. The number of imidazole rings is 1. The number of carbonyl (C=O) groups excluding carboxylic acids is 3. The van der Waals surface area contributed by atoms with Crippen molar-refractivity contribution in [3.05, 3.63) is 11.6 Å². The van der Waals surface area contributed by atoms with Crippen LogP contribution >= 0.6 is 23.2 Å². The second kappa shape index (κ2) is 12.4. The summed E-state index contributed by atoms with van der Waals surface area (Å²) in [5.41, 5.74) is -0.163. The van der Waals surface area contributed by atoms with Crippen molar-refractivity contribution in [1.82, 2.24) is 19.5 Å². The van der Waals surface area contributed by atoms with Gasteiger partial charge in [-0.3, -0.25) is 9.47 Å². The maximum Gasteiger partial charge on any atom is 0.415 e. The van der Waals surface area contributed by atoms with E-state index in [1.165, 1.54) is 18.3 Å². The summed E-state index contributed by atoms with van der Waals surface area (Å²) in [7, 11) is 1.48. The highest BCUT2D eigenvalue weighted by Gasteiger charge is 2.39. The molecule has 0 aromatic carbocycles. The first-order chi connectivity index (χ1) is 17.9. The first-order valence-electron chi connectivity index (χ1n) is 12.0. The van der Waals surface area contributed by atoms with E-state index in [1.807, 2.05) is 0 Å². The van der Waals surface area contributed by atoms with Crippen molar-refractivity contribution in [1.29, 1.82) is 0 Å². The van der Waals surface area contributed by atoms with Gasteiger partial charge in [-0.2, -0.15) is 9.97 Å². The molecule has 13 nitrogen and oxygen atoms in total. The van der Waals surface area contributed by atoms with Gasteiger partial charge in [0.25, 0.3) is 6.10 Å². The number of halogens is 2. The number of anilines is 1. The zero-order valence-corrected chi connectivity index (χ0v) is 23.5. The molecule has 0 radical (unpaired) electrons. The van der Waals surface area contributed by atoms with Crippen LogP contribution in [0.25, 0.3) is 11.2 Å². The number of nitrogens with zero attached hydrogens (tertiary/aromatic N) is 5. The van der Waals surface area contributed by atoms with Gasteiger partial charge in [-0.1, -0.05) is 0 Å². The van der Waals surface area contributed by atoms with Crippen molar-refractivity contribution in [2.24, 2.45) is 0 Å². The Bertz CT molecular complexity index is 1150. The van der Waals surface area contributed by atoms with Crippen LogP contribution in [0.2, 0.25) is 5.28 Å². The van der Waals surface area contributed by atoms with Crippen LogP contribution < -0.4 is 4.90 Å². The van der Waals surface area contributed by atoms with Gasteiger partial charge >= 0.3 is 18.0 Å². The number of ether oxygens (including phenoxy) is 5. The Morgan fingerprint density at radius 1 is 1.18 bits per heavy atom. The maximum absolute atomic E-state index is 12.6. The summed E-state index contributed by atoms with van der Waals surface area (Å²) in [6.07, 6.45) is -1.74. The van der Waals surface area contributed by atoms with Gasteiger partial charge in [0.2, 0.25) is 5.28 Å². The van der Waals surface area contributed by atoms with Crippen LogP contribution in [0.4, 0.5) is 10.6 Å². The number of hydrogen-bond donors (Lipinski definition) is 0. The van der Waals surface area contributed by atoms with Crippen molar-refractivity contribution in [2.75, 3.05) is 31.8 Å². The molecular formula is C23H31Cl2N5O8. The van der Waals surface area contributed by atoms with E-state index in [4.69, 9.17) is 46.9 Å². The molecule has 210 valence electrons. The fourth-order valence-electron chi connectivity index (χ4n) is 3.64. The zero-order chi connectivity index (χ0) is 28.2. The van der Waals surface area contributed by atoms with Crippen molar-refractivity contribution >= 4 is 58.2 Å². The molecule has 0 spiro atoms. The minimum Gasteiger partial charge on any atom is -0.464 e. The lowest BCUT2D eigenvalue weighted by Gasteiger charge is -2.24. The standard InChI is InChI=1S/C23H31Cl2N5O8/c1-7-34-19(31)15(20(32)35-8-2)36-10-12-9-13(24)18(37-12)30-11-26-14-16(27-21(25)28-17(14)30)29(6)22(33)38-23(3,4)5/h11-13,15,18H,7-10H2,1-6H3/t12-,13-,18?/m0/s1. The van der Waals surface area contributed by atoms with Gasteiger partial charge in [-0.05, 0) is 52.6 Å². The van der Waals surface area contributed by atoms with Crippen molar-refractivity contribution in [3.63, 3.8) is 0 Å². The molecule has 0 saturated carbocycles. The van der Waals surface area contributed by atoms with Gasteiger partial charge in [0.05, 0.1) is 37.6 Å². The molecule has 3 atom stereocenters. The Morgan fingerprint density at radius 2 is 1.82 bits per heavy atom. The van der Waals surface area contributed by atoms with Crippen LogP contribution in [0.15, 0.2) is 6.33 Å². The average Bonchev–Trinajstić information content (AvgIpc) is 3.40. The van der Waals surface area contributed by atoms with Crippen LogP contribution in [-0.2, 0) is 33.3 Å². The fraction of sp³-hybridized carbons (Fsp3) is 0.652. The minimum absolute atomic E-state index is 0.0765. The number of rotatable bonds is 9. The molecule has 2 aromatic heterocycles. The van der Waals surface area contributed by atoms with Gasteiger partial charge in [0, 0.05) is 7.05 Å². The van der Waals surface area contributed by atoms with Gasteiger partial charge in [0.15, 0.2) is 23.2 Å². The molecule has 15 heteroatoms. The summed E-state index contributed by atoms with van der Waals surface area (Å²) < 4.78 is 28.4. The lowest BCUT2D eigenvalue weighted by atomic mass is 10.2. The first kappa shape index (κ1) is 29.8. The van der Waals surface area contributed by atoms with Gasteiger partial charge < -0.3 is 23.7 Å². The summed E-state index contributed by atoms with van der Waals surface area (Å²) in [4.78, 5) is 50.9. The molecule has 0 N–H and O–H groups in total. The molecule has 0 bridgehead atoms. The average molecular weight is 576 g/mol. The van der Waals surface area contributed by atoms with E-state index in [9.17, 15) is 14.4 Å². The van der Waals surface area contributed by atoms with Gasteiger partial charge in [-0.25, -0.2) is 19.4 Å². The number of carbonyl (C=O) groups is 3. The smallest absolute Gasteiger partial charge is 0.415 e. The number of alkyl halides is 1. The minimum atomic E-state index is -1.54. The molecule has 2 aromatic rings. The van der Waals surface area contributed by atoms with Crippen LogP contribution in [0.5, 0.6) is 0 Å². The predicted octanol–water partition coefficient (Wildman–Crippen LogP) is 3.26. The fourth-order valence-corrected chi connectivity index (χ4v) is 4.18. The summed E-state index contributed by atoms with van der Waals surface area (Å²) in [5.74, 6) is -1.56. The van der Waals surface area contributed by atoms with E-state index in [-0.39, 0.29) is 42.1 Å². The Hall–Kier alpha value is -2.74. The van der Waals surface area contributed by atoms with E-state index >= 15 is 0 Å². The first-order valence-corrected chi connectivity index (χ1v) is 12.8. The molecule has 38 heavy (non-hydrogen) atoms. The Kier molecular flexibility index (Phi) is 9.74. The summed E-state index contributed by atoms with van der Waals surface area (Å²) in [5, 5.41) is -0.675. The second-order valence-corrected chi connectivity index (χ2v) is 10.2. The molecule has 0 aliphatic carbocycles. The van der Waals surface area contributed by atoms with E-state index < -0.39 is 47.4 Å². The molecule has 1 fully saturated rings. The molecular weight excluding hydrogens is 545 g/mol. The van der Waals surface area contributed by atoms with Crippen LogP contribution in [0, 0.1) is 0 Å². The molecule has 1 unspecified atom stereocenters. The lowest BCUT2D eigenvalue weighted by molar-refractivity contribution is -0.175. The monoisotopic (exact) mass is 575 g/mol. The number of aromatic nitrogens is 4. The summed E-state index contributed by atoms with van der Waals surface area (Å²) >= 11 is 12.8. The Labute approximate surface area is 229 Å². The van der Waals surface area contributed by atoms with E-state index in [2.05, 4.69) is 15.0 Å². The van der Waals surface area contributed by atoms with Crippen molar-refractivity contribution < 1.29 is 38.1 Å². The van der Waals surface area contributed by atoms with Crippen molar-refractivity contribution in [3.8, 4) is 0 Å². The topological polar surface area (TPSA) is 144 Å². The maximum atomic E-state index is 12.6. The third-order valence-corrected chi connectivity index (χ3v) is 5.78. The molecule has 1 aliphatic rings. The van der Waals surface area contributed by atoms with Crippen LogP contribution in [-0.4, -0.2) is 87.6 Å². The van der Waals surface area contributed by atoms with Crippen LogP contribution in [0.1, 0.15) is 47.3 Å². The highest BCUT2D eigenvalue weighted by atomic mass is 35.5. The molecule has 1 amide bonds. The highest BCUT2D eigenvalue weighted by molar-refractivity contribution is 6.28. The zero-order valence-electron chi connectivity index (χ0n) is 22.0. The quantitative estimate of drug-likeness (QED) is 0.143. The predicted molar refractivity (Wildman–Crippen MR) is 136 cm³/mol. The van der Waals surface area contributed by atoms with Crippen molar-refractivity contribution in [2.45, 2.75) is 70.5 Å². The second-order valence-electron chi connectivity index (χ2n) is 9.30. The molecule has 3 rings (SSSR count). The molecule has 1 aliphatic heterocycles. The number of hydrogen-bond acceptors (Lipinski definition) is 11. The summed E-state index contributed by atoms with van der Waals surface area (Å²) in [6, 6.07) is 0. The lowest BCUT2D eigenvalue weighted by Crippen LogP contribution is -2.38. The summed E-state index contributed by atoms with van der Waals surface area (Å²) in [6.45, 7) is 8.49.